The molecule has 1 N–H and O–H groups in total. The number of carbonyl (C=O) groups is 2. The molecule has 0 aliphatic carbocycles. The molecule has 1 aliphatic rings. The van der Waals surface area contributed by atoms with Crippen molar-refractivity contribution in [2.75, 3.05) is 13.1 Å². The fourth-order valence-electron chi connectivity index (χ4n) is 3.17. The van der Waals surface area contributed by atoms with Gasteiger partial charge in [0.1, 0.15) is 0 Å². The average molecular weight is 430 g/mol. The van der Waals surface area contributed by atoms with Gasteiger partial charge in [0.2, 0.25) is 0 Å². The maximum Gasteiger partial charge on any atom is 0.416 e. The van der Waals surface area contributed by atoms with E-state index >= 15 is 0 Å². The van der Waals surface area contributed by atoms with Crippen molar-refractivity contribution in [2.45, 2.75) is 25.1 Å². The molecule has 1 fully saturated rings. The lowest BCUT2D eigenvalue weighted by molar-refractivity contribution is -0.137. The van der Waals surface area contributed by atoms with Gasteiger partial charge in [-0.05, 0) is 49.2 Å². The van der Waals surface area contributed by atoms with Crippen molar-refractivity contribution in [3.8, 4) is 0 Å². The van der Waals surface area contributed by atoms with Crippen molar-refractivity contribution in [2.24, 2.45) is 0 Å². The van der Waals surface area contributed by atoms with Crippen LogP contribution in [0.4, 0.5) is 26.3 Å². The van der Waals surface area contributed by atoms with E-state index in [2.05, 4.69) is 5.32 Å². The topological polar surface area (TPSA) is 49.4 Å². The van der Waals surface area contributed by atoms with Gasteiger partial charge in [-0.15, -0.1) is 0 Å². The number of alkyl halides is 3. The number of amides is 2. The maximum atomic E-state index is 13.8. The third-order valence-electron chi connectivity index (χ3n) is 4.86. The van der Waals surface area contributed by atoms with Crippen molar-refractivity contribution in [1.29, 1.82) is 0 Å². The Morgan fingerprint density at radius 2 is 1.50 bits per heavy atom. The van der Waals surface area contributed by atoms with Gasteiger partial charge in [-0.2, -0.15) is 13.2 Å². The van der Waals surface area contributed by atoms with Crippen LogP contribution in [0.15, 0.2) is 36.4 Å². The molecule has 1 aliphatic heterocycles. The van der Waals surface area contributed by atoms with Crippen LogP contribution in [0.2, 0.25) is 0 Å². The van der Waals surface area contributed by atoms with Crippen LogP contribution in [0.1, 0.15) is 39.1 Å². The van der Waals surface area contributed by atoms with Crippen molar-refractivity contribution in [3.63, 3.8) is 0 Å². The summed E-state index contributed by atoms with van der Waals surface area (Å²) in [5, 5.41) is 2.68. The number of hydrogen-bond acceptors (Lipinski definition) is 2. The summed E-state index contributed by atoms with van der Waals surface area (Å²) in [5.41, 5.74) is -1.39. The molecule has 1 heterocycles. The van der Waals surface area contributed by atoms with Crippen molar-refractivity contribution < 1.29 is 35.9 Å². The molecule has 2 aromatic carbocycles. The Kier molecular flexibility index (Phi) is 6.04. The summed E-state index contributed by atoms with van der Waals surface area (Å²) in [6.07, 6.45) is -3.88. The molecular weight excluding hydrogens is 414 g/mol. The summed E-state index contributed by atoms with van der Waals surface area (Å²) in [7, 11) is 0. The Labute approximate surface area is 167 Å². The first-order valence-corrected chi connectivity index (χ1v) is 8.99. The molecule has 3 rings (SSSR count). The lowest BCUT2D eigenvalue weighted by Gasteiger charge is -2.32. The molecular formula is C20H16F6N2O2. The molecule has 0 spiro atoms. The first-order chi connectivity index (χ1) is 14.1. The fraction of sp³-hybridized carbons (Fsp3) is 0.300. The minimum atomic E-state index is -4.50. The molecule has 0 unspecified atom stereocenters. The molecule has 0 aromatic heterocycles. The smallest absolute Gasteiger partial charge is 0.349 e. The number of likely N-dealkylation sites (tertiary alicyclic amines) is 1. The first kappa shape index (κ1) is 21.7. The second kappa shape index (κ2) is 8.37. The predicted octanol–water partition coefficient (Wildman–Crippen LogP) is 4.16. The Bertz CT molecular complexity index is 951. The molecule has 0 radical (unpaired) electrons. The molecule has 4 nitrogen and oxygen atoms in total. The summed E-state index contributed by atoms with van der Waals surface area (Å²) < 4.78 is 78.0. The van der Waals surface area contributed by atoms with Gasteiger partial charge in [0, 0.05) is 24.7 Å². The van der Waals surface area contributed by atoms with Crippen LogP contribution in [-0.2, 0) is 6.18 Å². The number of hydrogen-bond donors (Lipinski definition) is 1. The van der Waals surface area contributed by atoms with Gasteiger partial charge < -0.3 is 10.2 Å². The zero-order valence-corrected chi connectivity index (χ0v) is 15.4. The lowest BCUT2D eigenvalue weighted by atomic mass is 10.0. The Morgan fingerprint density at radius 1 is 0.900 bits per heavy atom. The summed E-state index contributed by atoms with van der Waals surface area (Å²) in [5.74, 6) is -6.02. The van der Waals surface area contributed by atoms with E-state index in [1.54, 1.807) is 0 Å². The number of carbonyl (C=O) groups excluding carboxylic acids is 2. The molecule has 0 atom stereocenters. The number of rotatable bonds is 3. The van der Waals surface area contributed by atoms with Crippen molar-refractivity contribution >= 4 is 11.8 Å². The second-order valence-corrected chi connectivity index (χ2v) is 6.84. The van der Waals surface area contributed by atoms with Crippen LogP contribution in [0, 0.1) is 17.5 Å². The van der Waals surface area contributed by atoms with E-state index in [1.807, 2.05) is 0 Å². The van der Waals surface area contributed by atoms with Crippen LogP contribution in [0.3, 0.4) is 0 Å². The van der Waals surface area contributed by atoms with Crippen molar-refractivity contribution in [3.05, 3.63) is 70.5 Å². The highest BCUT2D eigenvalue weighted by molar-refractivity contribution is 5.95. The molecule has 0 bridgehead atoms. The summed E-state index contributed by atoms with van der Waals surface area (Å²) >= 11 is 0. The van der Waals surface area contributed by atoms with Crippen LogP contribution >= 0.6 is 0 Å². The quantitative estimate of drug-likeness (QED) is 0.588. The molecule has 30 heavy (non-hydrogen) atoms. The van der Waals surface area contributed by atoms with Crippen LogP contribution in [-0.4, -0.2) is 35.8 Å². The van der Waals surface area contributed by atoms with E-state index < -0.39 is 46.6 Å². The summed E-state index contributed by atoms with van der Waals surface area (Å²) in [6.45, 7) is 0.268. The van der Waals surface area contributed by atoms with Gasteiger partial charge in [-0.1, -0.05) is 0 Å². The Hall–Kier alpha value is -3.04. The van der Waals surface area contributed by atoms with Crippen LogP contribution < -0.4 is 5.32 Å². The maximum absolute atomic E-state index is 13.8. The molecule has 2 aromatic rings. The zero-order valence-electron chi connectivity index (χ0n) is 15.4. The van der Waals surface area contributed by atoms with Gasteiger partial charge >= 0.3 is 6.18 Å². The average Bonchev–Trinajstić information content (AvgIpc) is 2.72. The number of benzene rings is 2. The number of nitrogens with one attached hydrogen (secondary N) is 1. The van der Waals surface area contributed by atoms with Crippen LogP contribution in [0.5, 0.6) is 0 Å². The molecule has 10 heteroatoms. The minimum Gasteiger partial charge on any atom is -0.349 e. The minimum absolute atomic E-state index is 0.0605. The standard InChI is InChI=1S/C20H16F6N2O2/c21-15-6-5-14(16(22)17(15)23)19(30)28-9-7-13(8-10-28)27-18(29)11-1-3-12(4-2-11)20(24,25)26/h1-6,13H,7-10H2,(H,27,29). The number of halogens is 6. The molecule has 0 saturated carbocycles. The Balaban J connectivity index is 1.57. The fourth-order valence-corrected chi connectivity index (χ4v) is 3.17. The third-order valence-corrected chi connectivity index (χ3v) is 4.86. The Morgan fingerprint density at radius 3 is 2.07 bits per heavy atom. The van der Waals surface area contributed by atoms with Gasteiger partial charge in [-0.25, -0.2) is 13.2 Å². The zero-order chi connectivity index (χ0) is 22.1. The van der Waals surface area contributed by atoms with E-state index in [1.165, 1.54) is 4.90 Å². The summed E-state index contributed by atoms with van der Waals surface area (Å²) in [4.78, 5) is 25.9. The van der Waals surface area contributed by atoms with Gasteiger partial charge in [0.25, 0.3) is 11.8 Å². The van der Waals surface area contributed by atoms with Crippen LogP contribution in [0.25, 0.3) is 0 Å². The second-order valence-electron chi connectivity index (χ2n) is 6.84. The highest BCUT2D eigenvalue weighted by atomic mass is 19.4. The van der Waals surface area contributed by atoms with E-state index in [9.17, 15) is 35.9 Å². The third kappa shape index (κ3) is 4.58. The lowest BCUT2D eigenvalue weighted by Crippen LogP contribution is -2.46. The molecule has 160 valence electrons. The van der Waals surface area contributed by atoms with E-state index in [-0.39, 0.29) is 24.7 Å². The highest BCUT2D eigenvalue weighted by Gasteiger charge is 2.31. The number of piperidine rings is 1. The normalized spacial score (nSPS) is 15.2. The number of nitrogens with zero attached hydrogens (tertiary/aromatic N) is 1. The van der Waals surface area contributed by atoms with E-state index in [0.29, 0.717) is 18.9 Å². The predicted molar refractivity (Wildman–Crippen MR) is 94.2 cm³/mol. The first-order valence-electron chi connectivity index (χ1n) is 8.99. The van der Waals surface area contributed by atoms with E-state index in [4.69, 9.17) is 0 Å². The SMILES string of the molecule is O=C(NC1CCN(C(=O)c2ccc(F)c(F)c2F)CC1)c1ccc(C(F)(F)F)cc1. The molecule has 2 amide bonds. The van der Waals surface area contributed by atoms with Gasteiger partial charge in [-0.3, -0.25) is 9.59 Å². The largest absolute Gasteiger partial charge is 0.416 e. The molecule has 1 saturated heterocycles. The highest BCUT2D eigenvalue weighted by Crippen LogP contribution is 2.29. The van der Waals surface area contributed by atoms with E-state index in [0.717, 1.165) is 30.3 Å². The van der Waals surface area contributed by atoms with Crippen molar-refractivity contribution in [1.82, 2.24) is 10.2 Å². The monoisotopic (exact) mass is 430 g/mol. The summed E-state index contributed by atoms with van der Waals surface area (Å²) in [6, 6.07) is 4.96. The van der Waals surface area contributed by atoms with Gasteiger partial charge in [0.15, 0.2) is 17.5 Å². The van der Waals surface area contributed by atoms with Gasteiger partial charge in [0.05, 0.1) is 11.1 Å².